The van der Waals surface area contributed by atoms with E-state index in [9.17, 15) is 0 Å². The number of thiophene rings is 1. The maximum atomic E-state index is 5.48. The molecule has 0 bridgehead atoms. The summed E-state index contributed by atoms with van der Waals surface area (Å²) in [5.74, 6) is 1.37. The van der Waals surface area contributed by atoms with Gasteiger partial charge in [0.25, 0.3) is 5.89 Å². The lowest BCUT2D eigenvalue weighted by atomic mass is 9.97. The predicted octanol–water partition coefficient (Wildman–Crippen LogP) is 4.17. The van der Waals surface area contributed by atoms with Crippen molar-refractivity contribution in [2.75, 3.05) is 11.9 Å². The van der Waals surface area contributed by atoms with Gasteiger partial charge < -0.3 is 9.84 Å². The molecule has 0 aliphatic carbocycles. The Balaban J connectivity index is 0.00000144. The van der Waals surface area contributed by atoms with Gasteiger partial charge in [-0.15, -0.1) is 23.7 Å². The third-order valence-corrected chi connectivity index (χ3v) is 4.58. The van der Waals surface area contributed by atoms with Crippen LogP contribution >= 0.6 is 23.7 Å². The van der Waals surface area contributed by atoms with Crippen LogP contribution in [0.15, 0.2) is 40.2 Å². The van der Waals surface area contributed by atoms with E-state index in [2.05, 4.69) is 39.0 Å². The maximum Gasteiger partial charge on any atom is 0.258 e. The van der Waals surface area contributed by atoms with Crippen LogP contribution in [0, 0.1) is 0 Å². The molecule has 3 heterocycles. The largest absolute Gasteiger partial charge is 0.385 e. The Labute approximate surface area is 139 Å². The fraction of sp³-hybridized carbons (Fsp3) is 0.250. The molecule has 0 fully saturated rings. The van der Waals surface area contributed by atoms with Gasteiger partial charge in [-0.2, -0.15) is 4.98 Å². The fourth-order valence-corrected chi connectivity index (χ4v) is 3.42. The van der Waals surface area contributed by atoms with Crippen molar-refractivity contribution in [3.63, 3.8) is 0 Å². The molecule has 0 saturated heterocycles. The lowest BCUT2D eigenvalue weighted by Crippen LogP contribution is -2.12. The van der Waals surface area contributed by atoms with Gasteiger partial charge in [-0.1, -0.05) is 17.3 Å². The van der Waals surface area contributed by atoms with Crippen molar-refractivity contribution in [2.45, 2.75) is 19.3 Å². The lowest BCUT2D eigenvalue weighted by Gasteiger charge is -2.19. The van der Waals surface area contributed by atoms with E-state index >= 15 is 0 Å². The molecule has 0 atom stereocenters. The standard InChI is InChI=1S/C16H15N3OS.ClH/c1-5-13(12-6-2-8-17-14(12)7-1)16-18-15(19-20-16)10-11-4-3-9-21-11;/h1,3-5,7,9,17H,2,6,8,10H2;1H. The molecule has 3 aromatic rings. The molecule has 1 aromatic carbocycles. The normalized spacial score (nSPS) is 13.1. The van der Waals surface area contributed by atoms with Gasteiger partial charge >= 0.3 is 0 Å². The molecule has 0 unspecified atom stereocenters. The molecule has 1 aliphatic rings. The molecular weight excluding hydrogens is 318 g/mol. The van der Waals surface area contributed by atoms with Crippen molar-refractivity contribution < 1.29 is 4.52 Å². The highest BCUT2D eigenvalue weighted by atomic mass is 35.5. The zero-order chi connectivity index (χ0) is 14.1. The monoisotopic (exact) mass is 333 g/mol. The Morgan fingerprint density at radius 2 is 2.18 bits per heavy atom. The maximum absolute atomic E-state index is 5.48. The minimum Gasteiger partial charge on any atom is -0.385 e. The number of aromatic nitrogens is 2. The number of rotatable bonds is 3. The first-order valence-electron chi connectivity index (χ1n) is 7.11. The van der Waals surface area contributed by atoms with E-state index in [1.807, 2.05) is 12.1 Å². The van der Waals surface area contributed by atoms with E-state index in [4.69, 9.17) is 4.52 Å². The molecule has 22 heavy (non-hydrogen) atoms. The minimum absolute atomic E-state index is 0. The smallest absolute Gasteiger partial charge is 0.258 e. The highest BCUT2D eigenvalue weighted by molar-refractivity contribution is 7.09. The first-order valence-corrected chi connectivity index (χ1v) is 7.99. The molecular formula is C16H16ClN3OS. The lowest BCUT2D eigenvalue weighted by molar-refractivity contribution is 0.423. The second-order valence-corrected chi connectivity index (χ2v) is 6.17. The third-order valence-electron chi connectivity index (χ3n) is 3.71. The third kappa shape index (κ3) is 2.87. The molecule has 114 valence electrons. The zero-order valence-corrected chi connectivity index (χ0v) is 13.5. The molecule has 4 rings (SSSR count). The summed E-state index contributed by atoms with van der Waals surface area (Å²) in [5.41, 5.74) is 3.54. The zero-order valence-electron chi connectivity index (χ0n) is 11.9. The molecule has 0 radical (unpaired) electrons. The van der Waals surface area contributed by atoms with Crippen molar-refractivity contribution in [3.05, 3.63) is 52.0 Å². The number of benzene rings is 1. The molecule has 0 spiro atoms. The van der Waals surface area contributed by atoms with Gasteiger partial charge in [0.1, 0.15) is 0 Å². The van der Waals surface area contributed by atoms with E-state index in [0.717, 1.165) is 37.2 Å². The van der Waals surface area contributed by atoms with Crippen LogP contribution in [0.4, 0.5) is 5.69 Å². The Morgan fingerprint density at radius 1 is 1.23 bits per heavy atom. The van der Waals surface area contributed by atoms with Crippen LogP contribution in [-0.2, 0) is 12.8 Å². The summed E-state index contributed by atoms with van der Waals surface area (Å²) in [4.78, 5) is 5.81. The Bertz CT molecular complexity index is 755. The van der Waals surface area contributed by atoms with Gasteiger partial charge in [0.15, 0.2) is 5.82 Å². The molecule has 6 heteroatoms. The second-order valence-electron chi connectivity index (χ2n) is 5.13. The van der Waals surface area contributed by atoms with E-state index in [-0.39, 0.29) is 12.4 Å². The average molecular weight is 334 g/mol. The van der Waals surface area contributed by atoms with Crippen molar-refractivity contribution in [3.8, 4) is 11.5 Å². The van der Waals surface area contributed by atoms with Crippen molar-refractivity contribution in [1.82, 2.24) is 10.1 Å². The van der Waals surface area contributed by atoms with Gasteiger partial charge in [-0.3, -0.25) is 0 Å². The summed E-state index contributed by atoms with van der Waals surface area (Å²) in [6.45, 7) is 1.03. The van der Waals surface area contributed by atoms with E-state index in [1.54, 1.807) is 11.3 Å². The highest BCUT2D eigenvalue weighted by Gasteiger charge is 2.18. The number of nitrogens with zero attached hydrogens (tertiary/aromatic N) is 2. The molecule has 1 aliphatic heterocycles. The topological polar surface area (TPSA) is 51.0 Å². The number of hydrogen-bond acceptors (Lipinski definition) is 5. The van der Waals surface area contributed by atoms with Crippen molar-refractivity contribution in [1.29, 1.82) is 0 Å². The van der Waals surface area contributed by atoms with E-state index < -0.39 is 0 Å². The van der Waals surface area contributed by atoms with Crippen molar-refractivity contribution >= 4 is 29.4 Å². The SMILES string of the molecule is Cl.c1csc(Cc2noc(-c3cccc4c3CCCN4)n2)c1. The summed E-state index contributed by atoms with van der Waals surface area (Å²) in [6.07, 6.45) is 2.93. The second kappa shape index (κ2) is 6.50. The van der Waals surface area contributed by atoms with Gasteiger partial charge in [0.05, 0.1) is 0 Å². The van der Waals surface area contributed by atoms with Crippen LogP contribution in [0.2, 0.25) is 0 Å². The van der Waals surface area contributed by atoms with Crippen LogP contribution in [0.1, 0.15) is 22.7 Å². The number of fused-ring (bicyclic) bond motifs is 1. The van der Waals surface area contributed by atoms with E-state index in [1.165, 1.54) is 16.1 Å². The Kier molecular flexibility index (Phi) is 4.45. The summed E-state index contributed by atoms with van der Waals surface area (Å²) < 4.78 is 5.48. The van der Waals surface area contributed by atoms with Crippen LogP contribution in [-0.4, -0.2) is 16.7 Å². The molecule has 0 amide bonds. The van der Waals surface area contributed by atoms with E-state index in [0.29, 0.717) is 5.89 Å². The Hall–Kier alpha value is -1.85. The quantitative estimate of drug-likeness (QED) is 0.781. The Morgan fingerprint density at radius 3 is 3.05 bits per heavy atom. The number of halogens is 1. The molecule has 1 N–H and O–H groups in total. The number of anilines is 1. The van der Waals surface area contributed by atoms with Crippen LogP contribution in [0.3, 0.4) is 0 Å². The summed E-state index contributed by atoms with van der Waals surface area (Å²) in [7, 11) is 0. The number of nitrogens with one attached hydrogen (secondary N) is 1. The van der Waals surface area contributed by atoms with Gasteiger partial charge in [-0.25, -0.2) is 0 Å². The number of hydrogen-bond donors (Lipinski definition) is 1. The fourth-order valence-electron chi connectivity index (χ4n) is 2.71. The van der Waals surface area contributed by atoms with Crippen LogP contribution in [0.25, 0.3) is 11.5 Å². The average Bonchev–Trinajstić information content (AvgIpc) is 3.19. The summed E-state index contributed by atoms with van der Waals surface area (Å²) in [6, 6.07) is 10.3. The molecule has 4 nitrogen and oxygen atoms in total. The molecule has 0 saturated carbocycles. The van der Waals surface area contributed by atoms with Gasteiger partial charge in [-0.05, 0) is 42.0 Å². The summed E-state index contributed by atoms with van der Waals surface area (Å²) in [5, 5.41) is 9.61. The van der Waals surface area contributed by atoms with Crippen molar-refractivity contribution in [2.24, 2.45) is 0 Å². The van der Waals surface area contributed by atoms with Gasteiger partial charge in [0.2, 0.25) is 0 Å². The highest BCUT2D eigenvalue weighted by Crippen LogP contribution is 2.31. The minimum atomic E-state index is 0. The van der Waals surface area contributed by atoms with Gasteiger partial charge in [0, 0.05) is 29.1 Å². The van der Waals surface area contributed by atoms with Crippen LogP contribution < -0.4 is 5.32 Å². The first kappa shape index (κ1) is 15.1. The molecule has 2 aromatic heterocycles. The predicted molar refractivity (Wildman–Crippen MR) is 90.9 cm³/mol. The van der Waals surface area contributed by atoms with Crippen LogP contribution in [0.5, 0.6) is 0 Å². The first-order chi connectivity index (χ1) is 10.4. The summed E-state index contributed by atoms with van der Waals surface area (Å²) >= 11 is 1.71.